The van der Waals surface area contributed by atoms with Crippen LogP contribution in [0.1, 0.15) is 17.5 Å². The maximum absolute atomic E-state index is 12.0. The van der Waals surface area contributed by atoms with Crippen LogP contribution < -0.4 is 15.8 Å². The second-order valence-corrected chi connectivity index (χ2v) is 4.33. The molecule has 0 saturated carbocycles. The van der Waals surface area contributed by atoms with Gasteiger partial charge in [-0.15, -0.1) is 0 Å². The van der Waals surface area contributed by atoms with E-state index in [1.54, 1.807) is 7.11 Å². The van der Waals surface area contributed by atoms with Crippen molar-refractivity contribution in [2.24, 2.45) is 10.7 Å². The van der Waals surface area contributed by atoms with Gasteiger partial charge in [0.15, 0.2) is 11.5 Å². The average molecular weight is 231 g/mol. The molecule has 0 fully saturated rings. The summed E-state index contributed by atoms with van der Waals surface area (Å²) < 4.78 is 5.19. The van der Waals surface area contributed by atoms with Gasteiger partial charge in [0.2, 0.25) is 0 Å². The van der Waals surface area contributed by atoms with Gasteiger partial charge in [-0.05, 0) is 36.1 Å². The second-order valence-electron chi connectivity index (χ2n) is 4.33. The van der Waals surface area contributed by atoms with Crippen LogP contribution in [0.15, 0.2) is 23.2 Å². The summed E-state index contributed by atoms with van der Waals surface area (Å²) in [5, 5.41) is 2.58. The van der Waals surface area contributed by atoms with Crippen molar-refractivity contribution in [3.8, 4) is 5.75 Å². The lowest BCUT2D eigenvalue weighted by molar-refractivity contribution is -0.124. The van der Waals surface area contributed by atoms with E-state index in [0.717, 1.165) is 23.3 Å². The van der Waals surface area contributed by atoms with Gasteiger partial charge >= 0.3 is 0 Å². The Bertz CT molecular complexity index is 539. The van der Waals surface area contributed by atoms with Crippen molar-refractivity contribution in [1.29, 1.82) is 0 Å². The Kier molecular flexibility index (Phi) is 1.92. The summed E-state index contributed by atoms with van der Waals surface area (Å²) in [6, 6.07) is 5.77. The predicted octanol–water partition coefficient (Wildman–Crippen LogP) is 0.281. The summed E-state index contributed by atoms with van der Waals surface area (Å²) in [6.45, 7) is 0. The van der Waals surface area contributed by atoms with Crippen LogP contribution in [0.4, 0.5) is 0 Å². The SMILES string of the molecule is COc1ccc2c(c1)C1(CC2)N=C(N)NC1=O. The molecule has 88 valence electrons. The van der Waals surface area contributed by atoms with Crippen LogP contribution in [-0.4, -0.2) is 19.0 Å². The number of carbonyl (C=O) groups excluding carboxylic acids is 1. The van der Waals surface area contributed by atoms with Gasteiger partial charge in [0.1, 0.15) is 5.75 Å². The number of nitrogens with one attached hydrogen (secondary N) is 1. The fourth-order valence-corrected chi connectivity index (χ4v) is 2.59. The molecule has 0 radical (unpaired) electrons. The molecule has 0 bridgehead atoms. The Morgan fingerprint density at radius 3 is 3.00 bits per heavy atom. The molecule has 3 N–H and O–H groups in total. The molecule has 1 atom stereocenters. The zero-order chi connectivity index (χ0) is 12.0. The second kappa shape index (κ2) is 3.23. The minimum absolute atomic E-state index is 0.137. The number of fused-ring (bicyclic) bond motifs is 2. The van der Waals surface area contributed by atoms with Gasteiger partial charge in [-0.25, -0.2) is 4.99 Å². The highest BCUT2D eigenvalue weighted by atomic mass is 16.5. The third-order valence-electron chi connectivity index (χ3n) is 3.45. The van der Waals surface area contributed by atoms with E-state index in [-0.39, 0.29) is 11.9 Å². The number of amides is 1. The van der Waals surface area contributed by atoms with E-state index in [4.69, 9.17) is 10.5 Å². The minimum atomic E-state index is -0.825. The van der Waals surface area contributed by atoms with Crippen molar-refractivity contribution in [3.05, 3.63) is 29.3 Å². The number of hydrogen-bond acceptors (Lipinski definition) is 4. The predicted molar refractivity (Wildman–Crippen MR) is 62.8 cm³/mol. The maximum atomic E-state index is 12.0. The molecule has 1 aliphatic heterocycles. The summed E-state index contributed by atoms with van der Waals surface area (Å²) in [4.78, 5) is 16.3. The van der Waals surface area contributed by atoms with Crippen LogP contribution in [0.5, 0.6) is 5.75 Å². The number of hydrogen-bond donors (Lipinski definition) is 2. The lowest BCUT2D eigenvalue weighted by atomic mass is 9.92. The first-order chi connectivity index (χ1) is 8.15. The Balaban J connectivity index is 2.17. The fraction of sp³-hybridized carbons (Fsp3) is 0.333. The number of carbonyl (C=O) groups is 1. The van der Waals surface area contributed by atoms with Crippen LogP contribution in [0, 0.1) is 0 Å². The number of aryl methyl sites for hydroxylation is 1. The number of rotatable bonds is 1. The topological polar surface area (TPSA) is 76.7 Å². The highest BCUT2D eigenvalue weighted by Gasteiger charge is 2.49. The van der Waals surface area contributed by atoms with Gasteiger partial charge in [-0.2, -0.15) is 0 Å². The first-order valence-corrected chi connectivity index (χ1v) is 5.50. The Labute approximate surface area is 98.7 Å². The Morgan fingerprint density at radius 2 is 2.35 bits per heavy atom. The van der Waals surface area contributed by atoms with Gasteiger partial charge in [0.05, 0.1) is 7.11 Å². The molecule has 2 aliphatic rings. The van der Waals surface area contributed by atoms with Crippen molar-refractivity contribution in [2.45, 2.75) is 18.4 Å². The third-order valence-corrected chi connectivity index (χ3v) is 3.45. The van der Waals surface area contributed by atoms with Crippen LogP contribution in [0.2, 0.25) is 0 Å². The molecule has 0 aromatic heterocycles. The molecule has 5 nitrogen and oxygen atoms in total. The molecule has 1 aliphatic carbocycles. The highest BCUT2D eigenvalue weighted by Crippen LogP contribution is 2.43. The van der Waals surface area contributed by atoms with Gasteiger partial charge in [0.25, 0.3) is 5.91 Å². The molecular weight excluding hydrogens is 218 g/mol. The van der Waals surface area contributed by atoms with E-state index in [1.807, 2.05) is 18.2 Å². The van der Waals surface area contributed by atoms with E-state index in [2.05, 4.69) is 10.3 Å². The zero-order valence-electron chi connectivity index (χ0n) is 9.49. The first-order valence-electron chi connectivity index (χ1n) is 5.50. The zero-order valence-corrected chi connectivity index (χ0v) is 9.49. The van der Waals surface area contributed by atoms with Crippen molar-refractivity contribution >= 4 is 11.9 Å². The van der Waals surface area contributed by atoms with E-state index < -0.39 is 5.54 Å². The summed E-state index contributed by atoms with van der Waals surface area (Å²) in [5.74, 6) is 0.797. The van der Waals surface area contributed by atoms with Gasteiger partial charge < -0.3 is 10.5 Å². The van der Waals surface area contributed by atoms with Crippen molar-refractivity contribution in [1.82, 2.24) is 5.32 Å². The van der Waals surface area contributed by atoms with Crippen LogP contribution >= 0.6 is 0 Å². The summed E-state index contributed by atoms with van der Waals surface area (Å²) in [7, 11) is 1.61. The van der Waals surface area contributed by atoms with Crippen LogP contribution in [0.3, 0.4) is 0 Å². The van der Waals surface area contributed by atoms with Gasteiger partial charge in [0, 0.05) is 0 Å². The van der Waals surface area contributed by atoms with E-state index in [1.165, 1.54) is 0 Å². The third kappa shape index (κ3) is 1.25. The quantitative estimate of drug-likeness (QED) is 0.729. The number of guanidine groups is 1. The largest absolute Gasteiger partial charge is 0.497 e. The maximum Gasteiger partial charge on any atom is 0.259 e. The first kappa shape index (κ1) is 10.1. The van der Waals surface area contributed by atoms with Crippen molar-refractivity contribution in [2.75, 3.05) is 7.11 Å². The fourth-order valence-electron chi connectivity index (χ4n) is 2.59. The molecule has 1 heterocycles. The van der Waals surface area contributed by atoms with Crippen molar-refractivity contribution in [3.63, 3.8) is 0 Å². The molecule has 1 unspecified atom stereocenters. The van der Waals surface area contributed by atoms with Crippen molar-refractivity contribution < 1.29 is 9.53 Å². The molecule has 1 spiro atoms. The number of nitrogens with zero attached hydrogens (tertiary/aromatic N) is 1. The van der Waals surface area contributed by atoms with Crippen LogP contribution in [0.25, 0.3) is 0 Å². The summed E-state index contributed by atoms with van der Waals surface area (Å²) in [5.41, 5.74) is 6.82. The monoisotopic (exact) mass is 231 g/mol. The molecule has 1 amide bonds. The molecule has 17 heavy (non-hydrogen) atoms. The molecule has 1 aromatic carbocycles. The van der Waals surface area contributed by atoms with Crippen LogP contribution in [-0.2, 0) is 16.8 Å². The standard InChI is InChI=1S/C12H13N3O2/c1-17-8-3-2-7-4-5-12(9(7)6-8)10(16)14-11(13)15-12/h2-3,6H,4-5H2,1H3,(H3,13,14,15,16). The van der Waals surface area contributed by atoms with Gasteiger partial charge in [-0.3, -0.25) is 10.1 Å². The van der Waals surface area contributed by atoms with Gasteiger partial charge in [-0.1, -0.05) is 6.07 Å². The smallest absolute Gasteiger partial charge is 0.259 e. The number of nitrogens with two attached hydrogens (primary N) is 1. The van der Waals surface area contributed by atoms with E-state index >= 15 is 0 Å². The number of ether oxygens (including phenoxy) is 1. The Morgan fingerprint density at radius 1 is 1.53 bits per heavy atom. The molecular formula is C12H13N3O2. The highest BCUT2D eigenvalue weighted by molar-refractivity contribution is 6.07. The Hall–Kier alpha value is -2.04. The molecule has 0 saturated heterocycles. The molecule has 5 heteroatoms. The summed E-state index contributed by atoms with van der Waals surface area (Å²) >= 11 is 0. The number of methoxy groups -OCH3 is 1. The summed E-state index contributed by atoms with van der Waals surface area (Å²) in [6.07, 6.45) is 1.51. The number of benzene rings is 1. The average Bonchev–Trinajstić information content (AvgIpc) is 2.82. The normalized spacial score (nSPS) is 25.7. The molecule has 1 aromatic rings. The number of aliphatic imine (C=N–C) groups is 1. The van der Waals surface area contributed by atoms with E-state index in [9.17, 15) is 4.79 Å². The lowest BCUT2D eigenvalue weighted by Gasteiger charge is -2.18. The molecule has 3 rings (SSSR count). The lowest BCUT2D eigenvalue weighted by Crippen LogP contribution is -2.37. The van der Waals surface area contributed by atoms with E-state index in [0.29, 0.717) is 6.42 Å². The minimum Gasteiger partial charge on any atom is -0.497 e.